The van der Waals surface area contributed by atoms with E-state index in [2.05, 4.69) is 5.16 Å². The van der Waals surface area contributed by atoms with E-state index in [1.54, 1.807) is 23.1 Å². The third-order valence-corrected chi connectivity index (χ3v) is 4.30. The molecule has 1 saturated carbocycles. The van der Waals surface area contributed by atoms with Crippen LogP contribution in [0.15, 0.2) is 33.4 Å². The molecule has 0 N–H and O–H groups in total. The summed E-state index contributed by atoms with van der Waals surface area (Å²) in [5.41, 5.74) is 0.262. The summed E-state index contributed by atoms with van der Waals surface area (Å²) in [6, 6.07) is 5.08. The van der Waals surface area contributed by atoms with Gasteiger partial charge >= 0.3 is 0 Å². The van der Waals surface area contributed by atoms with E-state index >= 15 is 0 Å². The molecule has 1 aliphatic heterocycles. The van der Waals surface area contributed by atoms with E-state index in [1.165, 1.54) is 6.26 Å². The summed E-state index contributed by atoms with van der Waals surface area (Å²) < 4.78 is 10.4. The van der Waals surface area contributed by atoms with Gasteiger partial charge < -0.3 is 18.7 Å². The van der Waals surface area contributed by atoms with Gasteiger partial charge in [0.1, 0.15) is 0 Å². The highest BCUT2D eigenvalue weighted by Crippen LogP contribution is 2.31. The Bertz CT molecular complexity index is 710. The van der Waals surface area contributed by atoms with Gasteiger partial charge in [-0.25, -0.2) is 0 Å². The molecule has 1 saturated heterocycles. The van der Waals surface area contributed by atoms with Crippen LogP contribution < -0.4 is 0 Å². The highest BCUT2D eigenvalue weighted by atomic mass is 16.5. The second-order valence-electron chi connectivity index (χ2n) is 5.95. The van der Waals surface area contributed by atoms with Crippen molar-refractivity contribution in [3.8, 4) is 11.5 Å². The zero-order chi connectivity index (χ0) is 15.8. The van der Waals surface area contributed by atoms with Crippen LogP contribution in [0.4, 0.5) is 0 Å². The van der Waals surface area contributed by atoms with Gasteiger partial charge in [0, 0.05) is 38.2 Å². The van der Waals surface area contributed by atoms with Gasteiger partial charge in [0.05, 0.1) is 6.26 Å². The molecule has 7 heteroatoms. The van der Waals surface area contributed by atoms with E-state index in [-0.39, 0.29) is 23.4 Å². The Kier molecular flexibility index (Phi) is 3.40. The predicted molar refractivity (Wildman–Crippen MR) is 79.4 cm³/mol. The molecule has 7 nitrogen and oxygen atoms in total. The van der Waals surface area contributed by atoms with Crippen LogP contribution in [0.3, 0.4) is 0 Å². The number of carbonyl (C=O) groups is 2. The number of aromatic nitrogens is 1. The SMILES string of the molecule is O=C(c1cc(-c2ccco2)on1)N1CCN(C(=O)C2CC2)CC1. The lowest BCUT2D eigenvalue weighted by molar-refractivity contribution is -0.134. The average Bonchev–Trinajstić information content (AvgIpc) is 3.09. The first-order chi connectivity index (χ1) is 11.2. The lowest BCUT2D eigenvalue weighted by Gasteiger charge is -2.34. The van der Waals surface area contributed by atoms with Crippen LogP contribution in [0.5, 0.6) is 0 Å². The minimum atomic E-state index is -0.176. The van der Waals surface area contributed by atoms with Gasteiger partial charge in [0.15, 0.2) is 11.5 Å². The lowest BCUT2D eigenvalue weighted by Crippen LogP contribution is -2.51. The maximum Gasteiger partial charge on any atom is 0.276 e. The van der Waals surface area contributed by atoms with Crippen LogP contribution in [0, 0.1) is 5.92 Å². The highest BCUT2D eigenvalue weighted by Gasteiger charge is 2.35. The monoisotopic (exact) mass is 315 g/mol. The maximum atomic E-state index is 12.5. The van der Waals surface area contributed by atoms with Gasteiger partial charge in [-0.2, -0.15) is 0 Å². The van der Waals surface area contributed by atoms with Crippen molar-refractivity contribution in [3.05, 3.63) is 30.2 Å². The fourth-order valence-corrected chi connectivity index (χ4v) is 2.79. The number of carbonyl (C=O) groups excluding carboxylic acids is 2. The topological polar surface area (TPSA) is 79.8 Å². The van der Waals surface area contributed by atoms with E-state index in [0.29, 0.717) is 37.7 Å². The Morgan fingerprint density at radius 2 is 1.83 bits per heavy atom. The van der Waals surface area contributed by atoms with Gasteiger partial charge in [-0.05, 0) is 25.0 Å². The van der Waals surface area contributed by atoms with Crippen LogP contribution in [-0.2, 0) is 4.79 Å². The lowest BCUT2D eigenvalue weighted by atomic mass is 10.2. The molecule has 0 bridgehead atoms. The fourth-order valence-electron chi connectivity index (χ4n) is 2.79. The third kappa shape index (κ3) is 2.74. The molecule has 0 unspecified atom stereocenters. The standard InChI is InChI=1S/C16H17N3O4/c20-15(11-3-4-11)18-5-7-19(8-6-18)16(21)12-10-14(23-17-12)13-2-1-9-22-13/h1-2,9-11H,3-8H2. The van der Waals surface area contributed by atoms with Crippen LogP contribution in [0.2, 0.25) is 0 Å². The minimum Gasteiger partial charge on any atom is -0.461 e. The molecule has 0 radical (unpaired) electrons. The van der Waals surface area contributed by atoms with Crippen molar-refractivity contribution in [2.75, 3.05) is 26.2 Å². The van der Waals surface area contributed by atoms with Crippen LogP contribution in [0.25, 0.3) is 11.5 Å². The molecular formula is C16H17N3O4. The highest BCUT2D eigenvalue weighted by molar-refractivity contribution is 5.93. The van der Waals surface area contributed by atoms with Gasteiger partial charge in [0.2, 0.25) is 11.7 Å². The van der Waals surface area contributed by atoms with Crippen LogP contribution in [0.1, 0.15) is 23.3 Å². The normalized spacial score (nSPS) is 18.3. The molecule has 23 heavy (non-hydrogen) atoms. The number of furan rings is 1. The molecule has 0 spiro atoms. The molecule has 120 valence electrons. The molecule has 0 atom stereocenters. The summed E-state index contributed by atoms with van der Waals surface area (Å²) in [7, 11) is 0. The average molecular weight is 315 g/mol. The largest absolute Gasteiger partial charge is 0.461 e. The molecule has 2 fully saturated rings. The quantitative estimate of drug-likeness (QED) is 0.860. The fraction of sp³-hybridized carbons (Fsp3) is 0.438. The second kappa shape index (κ2) is 5.57. The molecule has 2 aromatic rings. The Hall–Kier alpha value is -2.57. The summed E-state index contributed by atoms with van der Waals surface area (Å²) in [4.78, 5) is 28.1. The van der Waals surface area contributed by atoms with Crippen molar-refractivity contribution in [2.45, 2.75) is 12.8 Å². The minimum absolute atomic E-state index is 0.176. The Morgan fingerprint density at radius 1 is 1.09 bits per heavy atom. The summed E-state index contributed by atoms with van der Waals surface area (Å²) >= 11 is 0. The summed E-state index contributed by atoms with van der Waals surface area (Å²) in [6.45, 7) is 2.23. The zero-order valence-corrected chi connectivity index (χ0v) is 12.6. The number of rotatable bonds is 3. The molecule has 1 aliphatic carbocycles. The first-order valence-corrected chi connectivity index (χ1v) is 7.81. The second-order valence-corrected chi connectivity index (χ2v) is 5.95. The van der Waals surface area contributed by atoms with Crippen molar-refractivity contribution in [1.82, 2.24) is 15.0 Å². The molecule has 2 amide bonds. The summed E-state index contributed by atoms with van der Waals surface area (Å²) in [5, 5.41) is 3.83. The predicted octanol–water partition coefficient (Wildman–Crippen LogP) is 1.63. The molecule has 2 aromatic heterocycles. The first-order valence-electron chi connectivity index (χ1n) is 7.81. The number of piperazine rings is 1. The number of amides is 2. The van der Waals surface area contributed by atoms with Crippen molar-refractivity contribution in [2.24, 2.45) is 5.92 Å². The number of hydrogen-bond donors (Lipinski definition) is 0. The van der Waals surface area contributed by atoms with Gasteiger partial charge in [-0.3, -0.25) is 9.59 Å². The molecule has 2 aliphatic rings. The molecule has 3 heterocycles. The Morgan fingerprint density at radius 3 is 2.48 bits per heavy atom. The van der Waals surface area contributed by atoms with Gasteiger partial charge in [-0.1, -0.05) is 5.16 Å². The van der Waals surface area contributed by atoms with Gasteiger partial charge in [-0.15, -0.1) is 0 Å². The Labute approximate surface area is 132 Å². The van der Waals surface area contributed by atoms with Crippen molar-refractivity contribution in [1.29, 1.82) is 0 Å². The van der Waals surface area contributed by atoms with Crippen LogP contribution >= 0.6 is 0 Å². The maximum absolute atomic E-state index is 12.5. The van der Waals surface area contributed by atoms with E-state index in [0.717, 1.165) is 12.8 Å². The smallest absolute Gasteiger partial charge is 0.276 e. The summed E-state index contributed by atoms with van der Waals surface area (Å²) in [6.07, 6.45) is 3.55. The van der Waals surface area contributed by atoms with Crippen LogP contribution in [-0.4, -0.2) is 52.9 Å². The van der Waals surface area contributed by atoms with Crippen molar-refractivity contribution in [3.63, 3.8) is 0 Å². The molecular weight excluding hydrogens is 298 g/mol. The van der Waals surface area contributed by atoms with Gasteiger partial charge in [0.25, 0.3) is 5.91 Å². The van der Waals surface area contributed by atoms with E-state index in [4.69, 9.17) is 8.94 Å². The van der Waals surface area contributed by atoms with E-state index in [1.807, 2.05) is 4.90 Å². The molecule has 4 rings (SSSR count). The van der Waals surface area contributed by atoms with E-state index in [9.17, 15) is 9.59 Å². The Balaban J connectivity index is 1.39. The van der Waals surface area contributed by atoms with Crippen molar-refractivity contribution >= 4 is 11.8 Å². The zero-order valence-electron chi connectivity index (χ0n) is 12.6. The number of hydrogen-bond acceptors (Lipinski definition) is 5. The van der Waals surface area contributed by atoms with E-state index < -0.39 is 0 Å². The first kappa shape index (κ1) is 14.0. The third-order valence-electron chi connectivity index (χ3n) is 4.30. The van der Waals surface area contributed by atoms with Crippen molar-refractivity contribution < 1.29 is 18.5 Å². The molecule has 0 aromatic carbocycles. The summed E-state index contributed by atoms with van der Waals surface area (Å²) in [5.74, 6) is 1.25. The number of nitrogens with zero attached hydrogens (tertiary/aromatic N) is 3.